The number of ketones is 1. The molecule has 0 aliphatic rings. The third kappa shape index (κ3) is 5.76. The van der Waals surface area contributed by atoms with Gasteiger partial charge in [-0.3, -0.25) is 9.59 Å². The number of hydrogen-bond acceptors (Lipinski definition) is 3. The summed E-state index contributed by atoms with van der Waals surface area (Å²) in [5.74, 6) is 0.760. The lowest BCUT2D eigenvalue weighted by Gasteiger charge is -2.13. The molecule has 0 saturated heterocycles. The van der Waals surface area contributed by atoms with E-state index in [0.29, 0.717) is 30.1 Å². The Bertz CT molecular complexity index is 1050. The predicted octanol–water partition coefficient (Wildman–Crippen LogP) is 5.08. The van der Waals surface area contributed by atoms with Crippen molar-refractivity contribution in [3.05, 3.63) is 76.4 Å². The second-order valence-corrected chi connectivity index (χ2v) is 7.88. The van der Waals surface area contributed by atoms with Gasteiger partial charge in [-0.05, 0) is 73.9 Å². The van der Waals surface area contributed by atoms with E-state index < -0.39 is 0 Å². The van der Waals surface area contributed by atoms with Crippen LogP contribution < -0.4 is 10.1 Å². The van der Waals surface area contributed by atoms with Crippen LogP contribution in [-0.4, -0.2) is 29.9 Å². The van der Waals surface area contributed by atoms with Crippen molar-refractivity contribution >= 4 is 23.3 Å². The van der Waals surface area contributed by atoms with Crippen LogP contribution >= 0.6 is 11.6 Å². The van der Waals surface area contributed by atoms with Gasteiger partial charge in [0.25, 0.3) is 0 Å². The normalized spacial score (nSPS) is 10.7. The molecule has 6 heteroatoms. The SMILES string of the molecule is COc1ccc(-c2cc(C(C)=O)c(C)n2CCC(=O)NCCc2ccc(Cl)cc2)cc1. The number of Topliss-reactive ketones (excluding diaryl/α,β-unsaturated/α-hetero) is 1. The summed E-state index contributed by atoms with van der Waals surface area (Å²) in [6.07, 6.45) is 1.08. The Morgan fingerprint density at radius 3 is 2.35 bits per heavy atom. The summed E-state index contributed by atoms with van der Waals surface area (Å²) in [6, 6.07) is 17.2. The summed E-state index contributed by atoms with van der Waals surface area (Å²) in [4.78, 5) is 24.5. The molecule has 5 nitrogen and oxygen atoms in total. The maximum absolute atomic E-state index is 12.4. The van der Waals surface area contributed by atoms with Crippen LogP contribution in [0.2, 0.25) is 5.02 Å². The minimum Gasteiger partial charge on any atom is -0.497 e. The van der Waals surface area contributed by atoms with Crippen LogP contribution in [0.25, 0.3) is 11.3 Å². The molecule has 162 valence electrons. The van der Waals surface area contributed by atoms with E-state index in [1.807, 2.05) is 66.1 Å². The number of nitrogens with one attached hydrogen (secondary N) is 1. The van der Waals surface area contributed by atoms with Gasteiger partial charge in [-0.2, -0.15) is 0 Å². The number of rotatable bonds is 9. The molecule has 0 atom stereocenters. The zero-order valence-electron chi connectivity index (χ0n) is 18.1. The van der Waals surface area contributed by atoms with Gasteiger partial charge in [0, 0.05) is 41.5 Å². The maximum Gasteiger partial charge on any atom is 0.221 e. The second kappa shape index (κ2) is 10.3. The summed E-state index contributed by atoms with van der Waals surface area (Å²) in [5, 5.41) is 3.67. The van der Waals surface area contributed by atoms with E-state index in [2.05, 4.69) is 5.32 Å². The molecule has 1 amide bonds. The molecule has 2 aromatic carbocycles. The molecule has 0 unspecified atom stereocenters. The highest BCUT2D eigenvalue weighted by Crippen LogP contribution is 2.28. The minimum absolute atomic E-state index is 0.0124. The highest BCUT2D eigenvalue weighted by Gasteiger charge is 2.17. The Morgan fingerprint density at radius 1 is 1.06 bits per heavy atom. The van der Waals surface area contributed by atoms with E-state index in [-0.39, 0.29) is 11.7 Å². The van der Waals surface area contributed by atoms with Crippen molar-refractivity contribution in [1.29, 1.82) is 0 Å². The van der Waals surface area contributed by atoms with Gasteiger partial charge in [0.1, 0.15) is 5.75 Å². The smallest absolute Gasteiger partial charge is 0.221 e. The number of hydrogen-bond donors (Lipinski definition) is 1. The summed E-state index contributed by atoms with van der Waals surface area (Å²) >= 11 is 5.90. The van der Waals surface area contributed by atoms with Crippen LogP contribution in [0.3, 0.4) is 0 Å². The highest BCUT2D eigenvalue weighted by atomic mass is 35.5. The predicted molar refractivity (Wildman–Crippen MR) is 124 cm³/mol. The largest absolute Gasteiger partial charge is 0.497 e. The van der Waals surface area contributed by atoms with Crippen LogP contribution in [-0.2, 0) is 17.8 Å². The van der Waals surface area contributed by atoms with Gasteiger partial charge in [-0.15, -0.1) is 0 Å². The topological polar surface area (TPSA) is 60.3 Å². The van der Waals surface area contributed by atoms with Crippen LogP contribution in [0.15, 0.2) is 54.6 Å². The first-order chi connectivity index (χ1) is 14.9. The summed E-state index contributed by atoms with van der Waals surface area (Å²) in [5.41, 5.74) is 4.55. The zero-order chi connectivity index (χ0) is 22.4. The molecule has 0 aliphatic heterocycles. The van der Waals surface area contributed by atoms with Crippen LogP contribution in [0.5, 0.6) is 5.75 Å². The number of ether oxygens (including phenoxy) is 1. The Kier molecular flexibility index (Phi) is 7.53. The maximum atomic E-state index is 12.4. The molecule has 1 heterocycles. The summed E-state index contributed by atoms with van der Waals surface area (Å²) < 4.78 is 7.28. The van der Waals surface area contributed by atoms with Crippen molar-refractivity contribution in [2.75, 3.05) is 13.7 Å². The number of aromatic nitrogens is 1. The van der Waals surface area contributed by atoms with Crippen LogP contribution in [0.4, 0.5) is 0 Å². The van der Waals surface area contributed by atoms with Gasteiger partial charge < -0.3 is 14.6 Å². The first-order valence-corrected chi connectivity index (χ1v) is 10.6. The molecule has 1 N–H and O–H groups in total. The average molecular weight is 439 g/mol. The zero-order valence-corrected chi connectivity index (χ0v) is 18.8. The number of amides is 1. The van der Waals surface area contributed by atoms with Crippen molar-refractivity contribution in [2.45, 2.75) is 33.2 Å². The Labute approximate surface area is 188 Å². The number of carbonyl (C=O) groups excluding carboxylic acids is 2. The molecule has 3 rings (SSSR count). The standard InChI is InChI=1S/C25H27ClN2O3/c1-17-23(18(2)29)16-24(20-6-10-22(31-3)11-7-20)28(17)15-13-25(30)27-14-12-19-4-8-21(26)9-5-19/h4-11,16H,12-15H2,1-3H3,(H,27,30). The molecule has 0 saturated carbocycles. The van der Waals surface area contributed by atoms with E-state index in [9.17, 15) is 9.59 Å². The van der Waals surface area contributed by atoms with Gasteiger partial charge >= 0.3 is 0 Å². The van der Waals surface area contributed by atoms with E-state index in [1.54, 1.807) is 14.0 Å². The van der Waals surface area contributed by atoms with Crippen molar-refractivity contribution in [3.8, 4) is 17.0 Å². The quantitative estimate of drug-likeness (QED) is 0.474. The van der Waals surface area contributed by atoms with Crippen LogP contribution in [0, 0.1) is 6.92 Å². The minimum atomic E-state index is -0.0212. The Morgan fingerprint density at radius 2 is 1.74 bits per heavy atom. The lowest BCUT2D eigenvalue weighted by atomic mass is 10.1. The van der Waals surface area contributed by atoms with Crippen molar-refractivity contribution in [3.63, 3.8) is 0 Å². The van der Waals surface area contributed by atoms with Gasteiger partial charge in [0.15, 0.2) is 5.78 Å². The highest BCUT2D eigenvalue weighted by molar-refractivity contribution is 6.30. The molecule has 31 heavy (non-hydrogen) atoms. The van der Waals surface area contributed by atoms with Crippen LogP contribution in [0.1, 0.15) is 35.0 Å². The van der Waals surface area contributed by atoms with Gasteiger partial charge in [-0.25, -0.2) is 0 Å². The van der Waals surface area contributed by atoms with Crippen molar-refractivity contribution in [1.82, 2.24) is 9.88 Å². The lowest BCUT2D eigenvalue weighted by molar-refractivity contribution is -0.121. The van der Waals surface area contributed by atoms with Gasteiger partial charge in [0.05, 0.1) is 7.11 Å². The number of halogens is 1. The fourth-order valence-electron chi connectivity index (χ4n) is 3.59. The second-order valence-electron chi connectivity index (χ2n) is 7.44. The number of methoxy groups -OCH3 is 1. The Balaban J connectivity index is 1.67. The van der Waals surface area contributed by atoms with Gasteiger partial charge in [-0.1, -0.05) is 23.7 Å². The fourth-order valence-corrected chi connectivity index (χ4v) is 3.72. The van der Waals surface area contributed by atoms with E-state index >= 15 is 0 Å². The number of carbonyl (C=O) groups is 2. The number of nitrogens with zero attached hydrogens (tertiary/aromatic N) is 1. The molecular weight excluding hydrogens is 412 g/mol. The fraction of sp³-hybridized carbons (Fsp3) is 0.280. The molecule has 3 aromatic rings. The van der Waals surface area contributed by atoms with E-state index in [1.165, 1.54) is 0 Å². The third-order valence-corrected chi connectivity index (χ3v) is 5.60. The first-order valence-electron chi connectivity index (χ1n) is 10.3. The van der Waals surface area contributed by atoms with Gasteiger partial charge in [0.2, 0.25) is 5.91 Å². The molecule has 0 fully saturated rings. The molecule has 0 radical (unpaired) electrons. The van der Waals surface area contributed by atoms with E-state index in [0.717, 1.165) is 34.7 Å². The average Bonchev–Trinajstić information content (AvgIpc) is 3.10. The van der Waals surface area contributed by atoms with Crippen molar-refractivity contribution in [2.24, 2.45) is 0 Å². The lowest BCUT2D eigenvalue weighted by Crippen LogP contribution is -2.26. The summed E-state index contributed by atoms with van der Waals surface area (Å²) in [6.45, 7) is 4.54. The molecule has 1 aromatic heterocycles. The third-order valence-electron chi connectivity index (χ3n) is 5.34. The number of benzene rings is 2. The molecule has 0 spiro atoms. The summed E-state index contributed by atoms with van der Waals surface area (Å²) in [7, 11) is 1.63. The monoisotopic (exact) mass is 438 g/mol. The molecule has 0 aliphatic carbocycles. The van der Waals surface area contributed by atoms with Crippen molar-refractivity contribution < 1.29 is 14.3 Å². The molecule has 0 bridgehead atoms. The van der Waals surface area contributed by atoms with E-state index in [4.69, 9.17) is 16.3 Å². The Hall–Kier alpha value is -3.05. The molecular formula is C25H27ClN2O3. The first kappa shape index (κ1) is 22.6.